The summed E-state index contributed by atoms with van der Waals surface area (Å²) in [4.78, 5) is 19.1. The number of carbonyl (C=O) groups excluding carboxylic acids is 1. The van der Waals surface area contributed by atoms with Crippen LogP contribution >= 0.6 is 0 Å². The van der Waals surface area contributed by atoms with Gasteiger partial charge in [0.1, 0.15) is 23.1 Å². The zero-order valence-corrected chi connectivity index (χ0v) is 17.7. The molecule has 1 fully saturated rings. The molecule has 1 saturated heterocycles. The molecule has 1 aliphatic heterocycles. The number of benzene rings is 1. The van der Waals surface area contributed by atoms with Crippen molar-refractivity contribution in [2.24, 2.45) is 0 Å². The van der Waals surface area contributed by atoms with Crippen molar-refractivity contribution in [1.29, 1.82) is 0 Å². The number of hydrogen-bond acceptors (Lipinski definition) is 7. The van der Waals surface area contributed by atoms with Gasteiger partial charge in [-0.3, -0.25) is 4.79 Å². The van der Waals surface area contributed by atoms with Crippen LogP contribution in [-0.2, 0) is 0 Å². The number of piperidine rings is 1. The van der Waals surface area contributed by atoms with E-state index < -0.39 is 0 Å². The van der Waals surface area contributed by atoms with E-state index in [0.29, 0.717) is 42.8 Å². The number of likely N-dealkylation sites (tertiary alicyclic amines) is 1. The molecule has 4 rings (SSSR count). The predicted octanol–water partition coefficient (Wildman–Crippen LogP) is 3.80. The van der Waals surface area contributed by atoms with E-state index >= 15 is 0 Å². The van der Waals surface area contributed by atoms with E-state index in [1.54, 1.807) is 17.0 Å². The molecule has 3 aromatic rings. The fourth-order valence-corrected chi connectivity index (χ4v) is 3.63. The minimum atomic E-state index is -0.353. The van der Waals surface area contributed by atoms with Gasteiger partial charge in [-0.25, -0.2) is 9.37 Å². The molecule has 0 atom stereocenters. The molecule has 32 heavy (non-hydrogen) atoms. The fraction of sp³-hybridized carbons (Fsp3) is 0.304. The Hall–Kier alpha value is -3.75. The number of ether oxygens (including phenoxy) is 2. The van der Waals surface area contributed by atoms with Crippen molar-refractivity contribution in [3.8, 4) is 17.2 Å². The standard InChI is InChI=1S/C23H24FN5O3/c1-2-31-20-13-19(26-14-21(20)32-17-5-3-16(24)4-6-17)23(30)29-11-9-15(10-12-29)18-7-8-22(25)28-27-18/h3-8,13-15H,2,9-12H2,1H3,(H2,25,28). The molecule has 0 aliphatic carbocycles. The first-order valence-corrected chi connectivity index (χ1v) is 10.5. The molecule has 0 saturated carbocycles. The fourth-order valence-electron chi connectivity index (χ4n) is 3.63. The second-order valence-electron chi connectivity index (χ2n) is 7.45. The van der Waals surface area contributed by atoms with Gasteiger partial charge in [0.25, 0.3) is 5.91 Å². The molecule has 1 amide bonds. The van der Waals surface area contributed by atoms with E-state index in [1.807, 2.05) is 13.0 Å². The second-order valence-corrected chi connectivity index (χ2v) is 7.45. The molecule has 2 N–H and O–H groups in total. The van der Waals surface area contributed by atoms with Crippen LogP contribution < -0.4 is 15.2 Å². The first-order valence-electron chi connectivity index (χ1n) is 10.5. The molecule has 1 aliphatic rings. The summed E-state index contributed by atoms with van der Waals surface area (Å²) >= 11 is 0. The highest BCUT2D eigenvalue weighted by molar-refractivity contribution is 5.93. The number of anilines is 1. The number of amides is 1. The van der Waals surface area contributed by atoms with Crippen LogP contribution in [0.15, 0.2) is 48.7 Å². The third-order valence-corrected chi connectivity index (χ3v) is 5.30. The Kier molecular flexibility index (Phi) is 6.44. The maximum atomic E-state index is 13.1. The second kappa shape index (κ2) is 9.59. The SMILES string of the molecule is CCOc1cc(C(=O)N2CCC(c3ccc(N)nn3)CC2)ncc1Oc1ccc(F)cc1. The minimum Gasteiger partial charge on any atom is -0.490 e. The third kappa shape index (κ3) is 4.93. The largest absolute Gasteiger partial charge is 0.490 e. The first kappa shape index (κ1) is 21.5. The van der Waals surface area contributed by atoms with E-state index in [4.69, 9.17) is 15.2 Å². The maximum Gasteiger partial charge on any atom is 0.272 e. The molecular formula is C23H24FN5O3. The summed E-state index contributed by atoms with van der Waals surface area (Å²) in [7, 11) is 0. The molecule has 1 aromatic carbocycles. The molecule has 166 valence electrons. The molecular weight excluding hydrogens is 413 g/mol. The number of nitrogens with two attached hydrogens (primary N) is 1. The minimum absolute atomic E-state index is 0.166. The van der Waals surface area contributed by atoms with Gasteiger partial charge in [-0.1, -0.05) is 0 Å². The van der Waals surface area contributed by atoms with E-state index in [9.17, 15) is 9.18 Å². The summed E-state index contributed by atoms with van der Waals surface area (Å²) in [5.41, 5.74) is 6.78. The summed E-state index contributed by atoms with van der Waals surface area (Å²) < 4.78 is 24.6. The Labute approximate surface area is 185 Å². The zero-order valence-electron chi connectivity index (χ0n) is 17.7. The highest BCUT2D eigenvalue weighted by atomic mass is 19.1. The number of nitrogen functional groups attached to an aromatic ring is 1. The van der Waals surface area contributed by atoms with Crippen LogP contribution in [0.4, 0.5) is 10.2 Å². The van der Waals surface area contributed by atoms with Gasteiger partial charge in [0, 0.05) is 25.1 Å². The van der Waals surface area contributed by atoms with Crippen LogP contribution in [0.3, 0.4) is 0 Å². The first-order chi connectivity index (χ1) is 15.5. The van der Waals surface area contributed by atoms with Crippen molar-refractivity contribution in [3.05, 3.63) is 65.9 Å². The maximum absolute atomic E-state index is 13.1. The van der Waals surface area contributed by atoms with Gasteiger partial charge < -0.3 is 20.1 Å². The predicted molar refractivity (Wildman–Crippen MR) is 116 cm³/mol. The van der Waals surface area contributed by atoms with Crippen LogP contribution in [0, 0.1) is 5.82 Å². The van der Waals surface area contributed by atoms with Crippen LogP contribution in [0.1, 0.15) is 41.9 Å². The van der Waals surface area contributed by atoms with Crippen molar-refractivity contribution >= 4 is 11.7 Å². The van der Waals surface area contributed by atoms with Gasteiger partial charge in [-0.2, -0.15) is 5.10 Å². The lowest BCUT2D eigenvalue weighted by molar-refractivity contribution is 0.0705. The Bertz CT molecular complexity index is 1070. The average molecular weight is 437 g/mol. The summed E-state index contributed by atoms with van der Waals surface area (Å²) in [5, 5.41) is 8.09. The van der Waals surface area contributed by atoms with E-state index in [-0.39, 0.29) is 23.3 Å². The molecule has 0 bridgehead atoms. The Morgan fingerprint density at radius 3 is 2.53 bits per heavy atom. The van der Waals surface area contributed by atoms with Crippen molar-refractivity contribution in [1.82, 2.24) is 20.1 Å². The van der Waals surface area contributed by atoms with Gasteiger partial charge >= 0.3 is 0 Å². The van der Waals surface area contributed by atoms with E-state index in [2.05, 4.69) is 15.2 Å². The van der Waals surface area contributed by atoms with E-state index in [1.165, 1.54) is 30.5 Å². The zero-order chi connectivity index (χ0) is 22.5. The van der Waals surface area contributed by atoms with Gasteiger partial charge in [-0.05, 0) is 56.2 Å². The lowest BCUT2D eigenvalue weighted by atomic mass is 9.93. The Morgan fingerprint density at radius 2 is 1.88 bits per heavy atom. The quantitative estimate of drug-likeness (QED) is 0.625. The van der Waals surface area contributed by atoms with E-state index in [0.717, 1.165) is 18.5 Å². The average Bonchev–Trinajstić information content (AvgIpc) is 2.82. The van der Waals surface area contributed by atoms with Gasteiger partial charge in [0.15, 0.2) is 11.5 Å². The highest BCUT2D eigenvalue weighted by Gasteiger charge is 2.27. The molecule has 0 spiro atoms. The van der Waals surface area contributed by atoms with Crippen molar-refractivity contribution < 1.29 is 18.7 Å². The van der Waals surface area contributed by atoms with Crippen LogP contribution in [0.5, 0.6) is 17.2 Å². The Balaban J connectivity index is 1.44. The van der Waals surface area contributed by atoms with Crippen molar-refractivity contribution in [3.63, 3.8) is 0 Å². The van der Waals surface area contributed by atoms with Crippen molar-refractivity contribution in [2.75, 3.05) is 25.4 Å². The molecule has 9 heteroatoms. The third-order valence-electron chi connectivity index (χ3n) is 5.30. The van der Waals surface area contributed by atoms with Crippen molar-refractivity contribution in [2.45, 2.75) is 25.7 Å². The number of aromatic nitrogens is 3. The monoisotopic (exact) mass is 437 g/mol. The van der Waals surface area contributed by atoms with Crippen LogP contribution in [0.25, 0.3) is 0 Å². The summed E-state index contributed by atoms with van der Waals surface area (Å²) in [6, 6.07) is 10.9. The lowest BCUT2D eigenvalue weighted by Crippen LogP contribution is -2.38. The van der Waals surface area contributed by atoms with Gasteiger partial charge in [-0.15, -0.1) is 5.10 Å². The smallest absolute Gasteiger partial charge is 0.272 e. The lowest BCUT2D eigenvalue weighted by Gasteiger charge is -2.31. The number of carbonyl (C=O) groups is 1. The highest BCUT2D eigenvalue weighted by Crippen LogP contribution is 2.33. The number of nitrogens with zero attached hydrogens (tertiary/aromatic N) is 4. The summed E-state index contributed by atoms with van der Waals surface area (Å²) in [6.07, 6.45) is 3.03. The number of pyridine rings is 1. The summed E-state index contributed by atoms with van der Waals surface area (Å²) in [6.45, 7) is 3.42. The number of halogens is 1. The Morgan fingerprint density at radius 1 is 1.12 bits per heavy atom. The molecule has 3 heterocycles. The normalized spacial score (nSPS) is 14.2. The van der Waals surface area contributed by atoms with Gasteiger partial charge in [0.2, 0.25) is 0 Å². The summed E-state index contributed by atoms with van der Waals surface area (Å²) in [5.74, 6) is 1.32. The number of hydrogen-bond donors (Lipinski definition) is 1. The molecule has 0 radical (unpaired) electrons. The van der Waals surface area contributed by atoms with Crippen LogP contribution in [0.2, 0.25) is 0 Å². The topological polar surface area (TPSA) is 103 Å². The number of rotatable bonds is 6. The molecule has 0 unspecified atom stereocenters. The molecule has 8 nitrogen and oxygen atoms in total. The van der Waals surface area contributed by atoms with Gasteiger partial charge in [0.05, 0.1) is 18.5 Å². The van der Waals surface area contributed by atoms with Crippen LogP contribution in [-0.4, -0.2) is 45.7 Å². The molecule has 2 aromatic heterocycles.